The van der Waals surface area contributed by atoms with E-state index in [1.807, 2.05) is 35.4 Å². The van der Waals surface area contributed by atoms with Crippen molar-refractivity contribution in [2.45, 2.75) is 89.2 Å². The SMILES string of the molecule is CCCCC1=NC2(CCCC2)C(=O)N1Cc1ccc(-c2ccccc2S(=O)(=O)Nc2onc(C)c2C)c(Cn2cccn2)c1. The Morgan fingerprint density at radius 2 is 1.82 bits per heavy atom. The number of amidine groups is 1. The van der Waals surface area contributed by atoms with E-state index in [1.165, 1.54) is 0 Å². The number of amides is 1. The minimum absolute atomic E-state index is 0.0975. The molecule has 44 heavy (non-hydrogen) atoms. The van der Waals surface area contributed by atoms with Crippen LogP contribution in [0.25, 0.3) is 11.1 Å². The predicted octanol–water partition coefficient (Wildman–Crippen LogP) is 6.25. The first kappa shape index (κ1) is 29.8. The van der Waals surface area contributed by atoms with Crippen LogP contribution in [0.3, 0.4) is 0 Å². The summed E-state index contributed by atoms with van der Waals surface area (Å²) in [4.78, 5) is 20.8. The molecule has 6 rings (SSSR count). The molecular weight excluding hydrogens is 576 g/mol. The molecule has 0 bridgehead atoms. The Balaban J connectivity index is 1.37. The van der Waals surface area contributed by atoms with Crippen molar-refractivity contribution in [2.24, 2.45) is 4.99 Å². The highest BCUT2D eigenvalue weighted by atomic mass is 32.2. The number of unbranched alkanes of at least 4 members (excludes halogenated alkanes) is 1. The Morgan fingerprint density at radius 3 is 2.52 bits per heavy atom. The molecule has 1 spiro atoms. The average molecular weight is 615 g/mol. The molecule has 4 aromatic rings. The first-order chi connectivity index (χ1) is 21.2. The number of hydrogen-bond donors (Lipinski definition) is 1. The van der Waals surface area contributed by atoms with Gasteiger partial charge in [-0.2, -0.15) is 5.10 Å². The fraction of sp³-hybridized carbons (Fsp3) is 0.394. The molecule has 0 saturated heterocycles. The molecule has 1 aliphatic carbocycles. The van der Waals surface area contributed by atoms with E-state index in [-0.39, 0.29) is 16.7 Å². The van der Waals surface area contributed by atoms with Gasteiger partial charge in [0.2, 0.25) is 5.88 Å². The number of sulfonamides is 1. The molecule has 2 aromatic carbocycles. The highest BCUT2D eigenvalue weighted by Gasteiger charge is 2.49. The van der Waals surface area contributed by atoms with Crippen molar-refractivity contribution in [3.05, 3.63) is 83.3 Å². The van der Waals surface area contributed by atoms with Crippen molar-refractivity contribution in [2.75, 3.05) is 4.72 Å². The van der Waals surface area contributed by atoms with Gasteiger partial charge in [-0.15, -0.1) is 0 Å². The molecule has 11 heteroatoms. The summed E-state index contributed by atoms with van der Waals surface area (Å²) in [5, 5.41) is 8.29. The number of aromatic nitrogens is 3. The largest absolute Gasteiger partial charge is 0.337 e. The van der Waals surface area contributed by atoms with Crippen molar-refractivity contribution >= 4 is 27.7 Å². The predicted molar refractivity (Wildman–Crippen MR) is 169 cm³/mol. The minimum atomic E-state index is -4.02. The van der Waals surface area contributed by atoms with Crippen LogP contribution in [0, 0.1) is 13.8 Å². The van der Waals surface area contributed by atoms with Crippen LogP contribution in [0.1, 0.15) is 74.3 Å². The topological polar surface area (TPSA) is 123 Å². The quantitative estimate of drug-likeness (QED) is 0.213. The van der Waals surface area contributed by atoms with Crippen LogP contribution in [0.15, 0.2) is 75.3 Å². The van der Waals surface area contributed by atoms with Crippen LogP contribution in [0.2, 0.25) is 0 Å². The number of hydrogen-bond acceptors (Lipinski definition) is 7. The summed E-state index contributed by atoms with van der Waals surface area (Å²) in [5.41, 5.74) is 3.80. The second-order valence-electron chi connectivity index (χ2n) is 11.8. The molecule has 1 saturated carbocycles. The number of carbonyl (C=O) groups is 1. The monoisotopic (exact) mass is 614 g/mol. The lowest BCUT2D eigenvalue weighted by Crippen LogP contribution is -2.40. The van der Waals surface area contributed by atoms with E-state index in [0.717, 1.165) is 67.5 Å². The van der Waals surface area contributed by atoms with E-state index in [4.69, 9.17) is 9.52 Å². The van der Waals surface area contributed by atoms with E-state index in [1.54, 1.807) is 42.9 Å². The first-order valence-electron chi connectivity index (χ1n) is 15.3. The van der Waals surface area contributed by atoms with Crippen LogP contribution < -0.4 is 4.72 Å². The van der Waals surface area contributed by atoms with Crippen LogP contribution in [0.5, 0.6) is 0 Å². The van der Waals surface area contributed by atoms with Crippen molar-refractivity contribution in [1.82, 2.24) is 19.8 Å². The fourth-order valence-corrected chi connectivity index (χ4v) is 7.47. The van der Waals surface area contributed by atoms with Crippen LogP contribution in [-0.4, -0.2) is 45.5 Å². The lowest BCUT2D eigenvalue weighted by molar-refractivity contribution is -0.131. The molecule has 1 aliphatic heterocycles. The second-order valence-corrected chi connectivity index (χ2v) is 13.4. The number of aryl methyl sites for hydroxylation is 1. The van der Waals surface area contributed by atoms with Gasteiger partial charge in [-0.05, 0) is 61.9 Å². The Bertz CT molecular complexity index is 1800. The van der Waals surface area contributed by atoms with Crippen molar-refractivity contribution in [3.8, 4) is 11.1 Å². The molecule has 0 unspecified atom stereocenters. The lowest BCUT2D eigenvalue weighted by atomic mass is 9.96. The summed E-state index contributed by atoms with van der Waals surface area (Å²) in [5.74, 6) is 1.09. The molecule has 0 atom stereocenters. The molecule has 1 amide bonds. The zero-order chi connectivity index (χ0) is 30.9. The number of nitrogens with zero attached hydrogens (tertiary/aromatic N) is 5. The van der Waals surface area contributed by atoms with E-state index in [2.05, 4.69) is 28.0 Å². The molecular formula is C33H38N6O4S. The van der Waals surface area contributed by atoms with Crippen LogP contribution in [-0.2, 0) is 27.9 Å². The van der Waals surface area contributed by atoms with Gasteiger partial charge in [0.15, 0.2) is 0 Å². The Hall–Kier alpha value is -4.25. The number of carbonyl (C=O) groups excluding carboxylic acids is 1. The van der Waals surface area contributed by atoms with Crippen LogP contribution >= 0.6 is 0 Å². The van der Waals surface area contributed by atoms with Gasteiger partial charge in [0.1, 0.15) is 11.4 Å². The minimum Gasteiger partial charge on any atom is -0.337 e. The molecule has 2 aliphatic rings. The maximum absolute atomic E-state index is 13.8. The molecule has 0 radical (unpaired) electrons. The average Bonchev–Trinajstić information content (AvgIpc) is 3.82. The number of aliphatic imine (C=N–C) groups is 1. The Kier molecular flexibility index (Phi) is 8.15. The fourth-order valence-electron chi connectivity index (χ4n) is 6.20. The van der Waals surface area contributed by atoms with Crippen molar-refractivity contribution in [1.29, 1.82) is 0 Å². The highest BCUT2D eigenvalue weighted by molar-refractivity contribution is 7.92. The molecule has 3 heterocycles. The van der Waals surface area contributed by atoms with E-state index in [9.17, 15) is 13.2 Å². The third kappa shape index (κ3) is 5.68. The third-order valence-corrected chi connectivity index (χ3v) is 10.1. The third-order valence-electron chi connectivity index (χ3n) is 8.74. The lowest BCUT2D eigenvalue weighted by Gasteiger charge is -2.23. The second kappa shape index (κ2) is 12.0. The standard InChI is InChI=1S/C33H38N6O4S/c1-4-5-13-30-35-33(16-8-9-17-33)32(40)39(30)21-25-14-15-27(26(20-25)22-38-19-10-18-34-38)28-11-6-7-12-29(28)44(41,42)37-31-23(2)24(3)36-43-31/h6-7,10-12,14-15,18-20,37H,4-5,8-9,13,16-17,21-22H2,1-3H3. The Morgan fingerprint density at radius 1 is 1.02 bits per heavy atom. The van der Waals surface area contributed by atoms with Gasteiger partial charge < -0.3 is 4.52 Å². The van der Waals surface area contributed by atoms with E-state index in [0.29, 0.717) is 29.9 Å². The molecule has 10 nitrogen and oxygen atoms in total. The maximum atomic E-state index is 13.8. The number of benzene rings is 2. The smallest absolute Gasteiger partial charge is 0.264 e. The van der Waals surface area contributed by atoms with E-state index >= 15 is 0 Å². The molecule has 2 aromatic heterocycles. The highest BCUT2D eigenvalue weighted by Crippen LogP contribution is 2.40. The number of rotatable bonds is 11. The summed E-state index contributed by atoms with van der Waals surface area (Å²) in [6.07, 6.45) is 10.1. The summed E-state index contributed by atoms with van der Waals surface area (Å²) in [7, 11) is -4.02. The van der Waals surface area contributed by atoms with Crippen LogP contribution in [0.4, 0.5) is 5.88 Å². The normalized spacial score (nSPS) is 16.2. The van der Waals surface area contributed by atoms with Gasteiger partial charge in [0.25, 0.3) is 15.9 Å². The van der Waals surface area contributed by atoms with Gasteiger partial charge in [-0.3, -0.25) is 19.4 Å². The van der Waals surface area contributed by atoms with E-state index < -0.39 is 15.6 Å². The number of nitrogens with one attached hydrogen (secondary N) is 1. The van der Waals surface area contributed by atoms with Gasteiger partial charge >= 0.3 is 0 Å². The molecule has 1 N–H and O–H groups in total. The van der Waals surface area contributed by atoms with Gasteiger partial charge in [0, 0.05) is 29.9 Å². The maximum Gasteiger partial charge on any atom is 0.264 e. The molecule has 1 fully saturated rings. The summed E-state index contributed by atoms with van der Waals surface area (Å²) in [6, 6.07) is 14.8. The Labute approximate surface area is 258 Å². The molecule has 230 valence electrons. The summed E-state index contributed by atoms with van der Waals surface area (Å²) >= 11 is 0. The van der Waals surface area contributed by atoms with Gasteiger partial charge in [-0.1, -0.05) is 67.7 Å². The zero-order valence-corrected chi connectivity index (χ0v) is 26.2. The van der Waals surface area contributed by atoms with Gasteiger partial charge in [-0.25, -0.2) is 13.1 Å². The summed E-state index contributed by atoms with van der Waals surface area (Å²) in [6.45, 7) is 6.51. The van der Waals surface area contributed by atoms with Crippen molar-refractivity contribution < 1.29 is 17.7 Å². The van der Waals surface area contributed by atoms with Crippen molar-refractivity contribution in [3.63, 3.8) is 0 Å². The first-order valence-corrected chi connectivity index (χ1v) is 16.7. The summed E-state index contributed by atoms with van der Waals surface area (Å²) < 4.78 is 37.0. The van der Waals surface area contributed by atoms with Gasteiger partial charge in [0.05, 0.1) is 23.7 Å². The number of anilines is 1. The zero-order valence-electron chi connectivity index (χ0n) is 25.4.